The van der Waals surface area contributed by atoms with E-state index in [-0.39, 0.29) is 17.6 Å². The van der Waals surface area contributed by atoms with Gasteiger partial charge in [-0.2, -0.15) is 16.6 Å². The molecule has 0 unspecified atom stereocenters. The van der Waals surface area contributed by atoms with Gasteiger partial charge in [-0.1, -0.05) is 30.3 Å². The lowest BCUT2D eigenvalue weighted by Crippen LogP contribution is -2.29. The Labute approximate surface area is 149 Å². The number of hydrogen-bond donors (Lipinski definition) is 1. The summed E-state index contributed by atoms with van der Waals surface area (Å²) in [4.78, 5) is 13.0. The van der Waals surface area contributed by atoms with E-state index in [1.165, 1.54) is 11.3 Å². The average Bonchev–Trinajstić information content (AvgIpc) is 3.15. The first-order valence-electron chi connectivity index (χ1n) is 8.10. The van der Waals surface area contributed by atoms with Crippen molar-refractivity contribution in [3.8, 4) is 6.07 Å². The highest BCUT2D eigenvalue weighted by Gasteiger charge is 2.40. The summed E-state index contributed by atoms with van der Waals surface area (Å²) in [6, 6.07) is 14.0. The summed E-state index contributed by atoms with van der Waals surface area (Å²) in [7, 11) is 0. The minimum atomic E-state index is -0.413. The fraction of sp³-hybridized carbons (Fsp3) is 0.200. The molecule has 2 atom stereocenters. The van der Waals surface area contributed by atoms with Crippen LogP contribution < -0.4 is 5.73 Å². The lowest BCUT2D eigenvalue weighted by Gasteiger charge is -2.33. The van der Waals surface area contributed by atoms with Crippen LogP contribution >= 0.6 is 11.3 Å². The number of carbonyl (C=O) groups is 1. The molecule has 2 N–H and O–H groups in total. The Morgan fingerprint density at radius 2 is 1.96 bits per heavy atom. The van der Waals surface area contributed by atoms with Crippen LogP contribution in [0, 0.1) is 11.3 Å². The summed E-state index contributed by atoms with van der Waals surface area (Å²) in [6.45, 7) is 0. The molecule has 5 heteroatoms. The summed E-state index contributed by atoms with van der Waals surface area (Å²) >= 11 is 1.54. The van der Waals surface area contributed by atoms with Crippen molar-refractivity contribution in [1.82, 2.24) is 0 Å². The summed E-state index contributed by atoms with van der Waals surface area (Å²) in [5.74, 6) is 0.416. The van der Waals surface area contributed by atoms with Crippen LogP contribution in [0.2, 0.25) is 0 Å². The fourth-order valence-corrected chi connectivity index (χ4v) is 4.33. The van der Waals surface area contributed by atoms with E-state index in [9.17, 15) is 10.1 Å². The van der Waals surface area contributed by atoms with E-state index >= 15 is 0 Å². The summed E-state index contributed by atoms with van der Waals surface area (Å²) in [5, 5.41) is 13.4. The van der Waals surface area contributed by atoms with Crippen LogP contribution in [0.1, 0.15) is 35.8 Å². The van der Waals surface area contributed by atoms with Crippen LogP contribution in [-0.2, 0) is 9.53 Å². The molecule has 4 rings (SSSR count). The quantitative estimate of drug-likeness (QED) is 0.891. The normalized spacial score (nSPS) is 23.1. The summed E-state index contributed by atoms with van der Waals surface area (Å²) in [6.07, 6.45) is 1.04. The van der Waals surface area contributed by atoms with Crippen LogP contribution in [0.3, 0.4) is 0 Å². The van der Waals surface area contributed by atoms with Gasteiger partial charge in [-0.25, -0.2) is 0 Å². The molecule has 1 aliphatic carbocycles. The third-order valence-corrected chi connectivity index (χ3v) is 5.51. The summed E-state index contributed by atoms with van der Waals surface area (Å²) < 4.78 is 5.74. The molecule has 0 saturated heterocycles. The Kier molecular flexibility index (Phi) is 3.90. The van der Waals surface area contributed by atoms with Crippen molar-refractivity contribution >= 4 is 17.1 Å². The van der Waals surface area contributed by atoms with Gasteiger partial charge in [0.15, 0.2) is 5.78 Å². The van der Waals surface area contributed by atoms with Crippen molar-refractivity contribution in [3.05, 3.63) is 81.1 Å². The van der Waals surface area contributed by atoms with Crippen molar-refractivity contribution in [2.75, 3.05) is 0 Å². The van der Waals surface area contributed by atoms with E-state index in [0.29, 0.717) is 29.7 Å². The summed E-state index contributed by atoms with van der Waals surface area (Å²) in [5.41, 5.74) is 8.97. The molecule has 2 heterocycles. The predicted octanol–water partition coefficient (Wildman–Crippen LogP) is 3.96. The van der Waals surface area contributed by atoms with E-state index in [2.05, 4.69) is 6.07 Å². The number of rotatable bonds is 2. The van der Waals surface area contributed by atoms with Crippen LogP contribution in [0.25, 0.3) is 0 Å². The fourth-order valence-electron chi connectivity index (χ4n) is 3.64. The second-order valence-electron chi connectivity index (χ2n) is 6.26. The van der Waals surface area contributed by atoms with Gasteiger partial charge in [0, 0.05) is 18.4 Å². The highest BCUT2D eigenvalue weighted by molar-refractivity contribution is 7.08. The molecule has 0 spiro atoms. The highest BCUT2D eigenvalue weighted by Crippen LogP contribution is 2.46. The molecule has 0 bridgehead atoms. The predicted molar refractivity (Wildman–Crippen MR) is 95.4 cm³/mol. The molecule has 4 nitrogen and oxygen atoms in total. The molecule has 25 heavy (non-hydrogen) atoms. The van der Waals surface area contributed by atoms with Gasteiger partial charge in [0.05, 0.1) is 5.92 Å². The molecule has 1 aliphatic heterocycles. The zero-order valence-electron chi connectivity index (χ0n) is 13.4. The largest absolute Gasteiger partial charge is 0.444 e. The molecule has 0 saturated carbocycles. The standard InChI is InChI=1S/C20H16N2O2S/c21-10-15-18(13-6-7-25-11-13)19-16(23)8-14(9-17(19)24-20(15)22)12-4-2-1-3-5-12/h1-7,11,14,18H,8-9,22H2/t14-,18-/m1/s1. The van der Waals surface area contributed by atoms with Gasteiger partial charge in [0.25, 0.3) is 0 Å². The zero-order valence-corrected chi connectivity index (χ0v) is 14.3. The number of ketones is 1. The van der Waals surface area contributed by atoms with E-state index in [0.717, 1.165) is 11.1 Å². The topological polar surface area (TPSA) is 76.1 Å². The molecule has 0 fully saturated rings. The highest BCUT2D eigenvalue weighted by atomic mass is 32.1. The van der Waals surface area contributed by atoms with E-state index in [1.54, 1.807) is 0 Å². The number of Topliss-reactive ketones (excluding diaryl/α,β-unsaturated/α-hetero) is 1. The lowest BCUT2D eigenvalue weighted by molar-refractivity contribution is -0.117. The van der Waals surface area contributed by atoms with E-state index in [4.69, 9.17) is 10.5 Å². The molecule has 124 valence electrons. The third kappa shape index (κ3) is 2.65. The minimum absolute atomic E-state index is 0.0338. The van der Waals surface area contributed by atoms with Crippen molar-refractivity contribution in [3.63, 3.8) is 0 Å². The Morgan fingerprint density at radius 1 is 1.16 bits per heavy atom. The molecular weight excluding hydrogens is 332 g/mol. The number of thiophene rings is 1. The number of nitrogens with two attached hydrogens (primary N) is 1. The maximum Gasteiger partial charge on any atom is 0.205 e. The van der Waals surface area contributed by atoms with Crippen molar-refractivity contribution in [1.29, 1.82) is 5.26 Å². The van der Waals surface area contributed by atoms with Crippen LogP contribution in [0.5, 0.6) is 0 Å². The first-order chi connectivity index (χ1) is 12.2. The molecule has 1 aromatic heterocycles. The molecule has 2 aromatic rings. The number of allylic oxidation sites excluding steroid dienone is 3. The number of nitrogens with zero attached hydrogens (tertiary/aromatic N) is 1. The van der Waals surface area contributed by atoms with E-state index in [1.807, 2.05) is 47.2 Å². The van der Waals surface area contributed by atoms with Gasteiger partial charge in [0.1, 0.15) is 17.4 Å². The van der Waals surface area contributed by atoms with Crippen LogP contribution in [0.4, 0.5) is 0 Å². The monoisotopic (exact) mass is 348 g/mol. The Bertz CT molecular complexity index is 920. The Morgan fingerprint density at radius 3 is 2.64 bits per heavy atom. The maximum absolute atomic E-state index is 13.0. The van der Waals surface area contributed by atoms with Crippen molar-refractivity contribution in [2.45, 2.75) is 24.7 Å². The van der Waals surface area contributed by atoms with Crippen LogP contribution in [-0.4, -0.2) is 5.78 Å². The number of carbonyl (C=O) groups excluding carboxylic acids is 1. The number of hydrogen-bond acceptors (Lipinski definition) is 5. The molecule has 0 amide bonds. The first kappa shape index (κ1) is 15.7. The second kappa shape index (κ2) is 6.23. The SMILES string of the molecule is N#CC1=C(N)OC2=C(C(=O)C[C@@H](c3ccccc3)C2)[C@@H]1c1ccsc1. The minimum Gasteiger partial charge on any atom is -0.444 e. The Hall–Kier alpha value is -2.84. The number of benzene rings is 1. The van der Waals surface area contributed by atoms with Crippen molar-refractivity contribution in [2.24, 2.45) is 5.73 Å². The van der Waals surface area contributed by atoms with Crippen LogP contribution in [0.15, 0.2) is 69.9 Å². The van der Waals surface area contributed by atoms with Gasteiger partial charge >= 0.3 is 0 Å². The van der Waals surface area contributed by atoms with Gasteiger partial charge in [-0.05, 0) is 33.9 Å². The number of nitriles is 1. The molecule has 0 radical (unpaired) electrons. The molecule has 2 aliphatic rings. The first-order valence-corrected chi connectivity index (χ1v) is 9.04. The zero-order chi connectivity index (χ0) is 17.4. The van der Waals surface area contributed by atoms with Gasteiger partial charge in [-0.3, -0.25) is 4.79 Å². The van der Waals surface area contributed by atoms with Gasteiger partial charge in [0.2, 0.25) is 5.88 Å². The maximum atomic E-state index is 13.0. The average molecular weight is 348 g/mol. The van der Waals surface area contributed by atoms with Gasteiger partial charge in [-0.15, -0.1) is 0 Å². The second-order valence-corrected chi connectivity index (χ2v) is 7.04. The third-order valence-electron chi connectivity index (χ3n) is 4.81. The molecular formula is C20H16N2O2S. The van der Waals surface area contributed by atoms with Crippen molar-refractivity contribution < 1.29 is 9.53 Å². The van der Waals surface area contributed by atoms with E-state index < -0.39 is 5.92 Å². The number of ether oxygens (including phenoxy) is 1. The lowest BCUT2D eigenvalue weighted by atomic mass is 9.74. The molecule has 1 aromatic carbocycles. The van der Waals surface area contributed by atoms with Gasteiger partial charge < -0.3 is 10.5 Å². The smallest absolute Gasteiger partial charge is 0.205 e. The Balaban J connectivity index is 1.78.